The van der Waals surface area contributed by atoms with E-state index in [1.807, 2.05) is 6.07 Å². The molecular weight excluding hydrogens is 357 g/mol. The van der Waals surface area contributed by atoms with Crippen LogP contribution in [0, 0.1) is 5.82 Å². The van der Waals surface area contributed by atoms with E-state index in [2.05, 4.69) is 20.8 Å². The fourth-order valence-electron chi connectivity index (χ4n) is 2.22. The van der Waals surface area contributed by atoms with Crippen molar-refractivity contribution in [2.24, 2.45) is 0 Å². The largest absolute Gasteiger partial charge is 0.495 e. The Morgan fingerprint density at radius 3 is 2.85 bits per heavy atom. The number of thioether (sulfide) groups is 1. The Labute approximate surface area is 153 Å². The van der Waals surface area contributed by atoms with E-state index in [4.69, 9.17) is 4.74 Å². The zero-order valence-corrected chi connectivity index (χ0v) is 14.9. The van der Waals surface area contributed by atoms with Crippen molar-refractivity contribution in [1.82, 2.24) is 20.2 Å². The van der Waals surface area contributed by atoms with Crippen LogP contribution < -0.4 is 10.1 Å². The number of tetrazole rings is 1. The van der Waals surface area contributed by atoms with Crippen LogP contribution in [0.4, 0.5) is 10.1 Å². The maximum atomic E-state index is 13.4. The van der Waals surface area contributed by atoms with E-state index in [0.29, 0.717) is 22.3 Å². The van der Waals surface area contributed by atoms with Crippen LogP contribution >= 0.6 is 11.8 Å². The van der Waals surface area contributed by atoms with Crippen LogP contribution in [0.1, 0.15) is 6.92 Å². The molecule has 134 valence electrons. The van der Waals surface area contributed by atoms with Crippen LogP contribution in [-0.2, 0) is 4.79 Å². The minimum Gasteiger partial charge on any atom is -0.495 e. The topological polar surface area (TPSA) is 81.9 Å². The fraction of sp³-hybridized carbons (Fsp3) is 0.176. The van der Waals surface area contributed by atoms with Gasteiger partial charge in [0.05, 0.1) is 23.7 Å². The molecular formula is C17H16FN5O2S. The summed E-state index contributed by atoms with van der Waals surface area (Å²) in [5, 5.41) is 14.1. The summed E-state index contributed by atoms with van der Waals surface area (Å²) in [6.07, 6.45) is 0. The number of nitrogens with one attached hydrogen (secondary N) is 1. The van der Waals surface area contributed by atoms with Gasteiger partial charge in [-0.1, -0.05) is 30.0 Å². The monoisotopic (exact) mass is 373 g/mol. The highest BCUT2D eigenvalue weighted by molar-refractivity contribution is 8.00. The number of carbonyl (C=O) groups excluding carboxylic acids is 1. The van der Waals surface area contributed by atoms with Crippen LogP contribution in [0.3, 0.4) is 0 Å². The summed E-state index contributed by atoms with van der Waals surface area (Å²) in [6.45, 7) is 1.74. The molecule has 3 rings (SSSR count). The fourth-order valence-corrected chi connectivity index (χ4v) is 3.02. The molecule has 1 atom stereocenters. The Kier molecular flexibility index (Phi) is 5.47. The van der Waals surface area contributed by atoms with E-state index >= 15 is 0 Å². The molecule has 1 N–H and O–H groups in total. The summed E-state index contributed by atoms with van der Waals surface area (Å²) in [5.41, 5.74) is 1.06. The number of para-hydroxylation sites is 2. The SMILES string of the molecule is COc1ccccc1NC(=O)[C@@H](C)Sc1nnnn1-c1cccc(F)c1. The zero-order valence-electron chi connectivity index (χ0n) is 14.1. The lowest BCUT2D eigenvalue weighted by atomic mass is 10.3. The predicted molar refractivity (Wildman–Crippen MR) is 96.1 cm³/mol. The number of ether oxygens (including phenoxy) is 1. The number of methoxy groups -OCH3 is 1. The van der Waals surface area contributed by atoms with Gasteiger partial charge in [-0.25, -0.2) is 4.39 Å². The molecule has 9 heteroatoms. The lowest BCUT2D eigenvalue weighted by Gasteiger charge is -2.13. The molecule has 0 saturated carbocycles. The Balaban J connectivity index is 1.73. The van der Waals surface area contributed by atoms with Gasteiger partial charge in [-0.2, -0.15) is 4.68 Å². The van der Waals surface area contributed by atoms with Crippen molar-refractivity contribution >= 4 is 23.4 Å². The van der Waals surface area contributed by atoms with Gasteiger partial charge < -0.3 is 10.1 Å². The molecule has 26 heavy (non-hydrogen) atoms. The second-order valence-electron chi connectivity index (χ2n) is 5.30. The molecule has 0 aliphatic rings. The van der Waals surface area contributed by atoms with Crippen LogP contribution in [-0.4, -0.2) is 38.5 Å². The number of hydrogen-bond donors (Lipinski definition) is 1. The number of amides is 1. The van der Waals surface area contributed by atoms with Gasteiger partial charge in [-0.3, -0.25) is 4.79 Å². The highest BCUT2D eigenvalue weighted by atomic mass is 32.2. The molecule has 0 aliphatic carbocycles. The summed E-state index contributed by atoms with van der Waals surface area (Å²) >= 11 is 1.17. The molecule has 1 amide bonds. The molecule has 0 aliphatic heterocycles. The third kappa shape index (κ3) is 3.99. The average Bonchev–Trinajstić information content (AvgIpc) is 3.10. The number of nitrogens with zero attached hydrogens (tertiary/aromatic N) is 4. The number of benzene rings is 2. The predicted octanol–water partition coefficient (Wildman–Crippen LogP) is 2.93. The first-order valence-corrected chi connectivity index (χ1v) is 8.61. The quantitative estimate of drug-likeness (QED) is 0.669. The van der Waals surface area contributed by atoms with Crippen LogP contribution in [0.2, 0.25) is 0 Å². The zero-order chi connectivity index (χ0) is 18.5. The van der Waals surface area contributed by atoms with Gasteiger partial charge in [-0.05, 0) is 47.7 Å². The highest BCUT2D eigenvalue weighted by Gasteiger charge is 2.20. The van der Waals surface area contributed by atoms with E-state index in [0.717, 1.165) is 0 Å². The van der Waals surface area contributed by atoms with Gasteiger partial charge in [0.15, 0.2) is 0 Å². The molecule has 1 heterocycles. The van der Waals surface area contributed by atoms with Gasteiger partial charge in [0.1, 0.15) is 11.6 Å². The Bertz CT molecular complexity index is 917. The maximum Gasteiger partial charge on any atom is 0.237 e. The Morgan fingerprint density at radius 2 is 2.08 bits per heavy atom. The molecule has 0 fully saturated rings. The molecule has 0 spiro atoms. The summed E-state index contributed by atoms with van der Waals surface area (Å²) in [7, 11) is 1.54. The van der Waals surface area contributed by atoms with E-state index in [1.165, 1.54) is 35.7 Å². The first-order valence-electron chi connectivity index (χ1n) is 7.73. The van der Waals surface area contributed by atoms with Gasteiger partial charge in [0.2, 0.25) is 11.1 Å². The lowest BCUT2D eigenvalue weighted by Crippen LogP contribution is -2.23. The van der Waals surface area contributed by atoms with Crippen molar-refractivity contribution < 1.29 is 13.9 Å². The van der Waals surface area contributed by atoms with E-state index in [-0.39, 0.29) is 5.91 Å². The molecule has 1 aromatic heterocycles. The van der Waals surface area contributed by atoms with Crippen LogP contribution in [0.25, 0.3) is 5.69 Å². The number of anilines is 1. The second kappa shape index (κ2) is 7.96. The van der Waals surface area contributed by atoms with Crippen molar-refractivity contribution in [2.75, 3.05) is 12.4 Å². The van der Waals surface area contributed by atoms with Crippen LogP contribution in [0.5, 0.6) is 5.75 Å². The van der Waals surface area contributed by atoms with Crippen molar-refractivity contribution in [1.29, 1.82) is 0 Å². The van der Waals surface area contributed by atoms with Crippen molar-refractivity contribution in [2.45, 2.75) is 17.3 Å². The number of carbonyl (C=O) groups is 1. The summed E-state index contributed by atoms with van der Waals surface area (Å²) in [4.78, 5) is 12.5. The summed E-state index contributed by atoms with van der Waals surface area (Å²) in [5.74, 6) is -0.0492. The summed E-state index contributed by atoms with van der Waals surface area (Å²) < 4.78 is 20.0. The third-order valence-corrected chi connectivity index (χ3v) is 4.54. The van der Waals surface area contributed by atoms with E-state index in [1.54, 1.807) is 37.3 Å². The highest BCUT2D eigenvalue weighted by Crippen LogP contribution is 2.27. The normalized spacial score (nSPS) is 11.8. The first-order chi connectivity index (χ1) is 12.6. The second-order valence-corrected chi connectivity index (χ2v) is 6.61. The average molecular weight is 373 g/mol. The molecule has 0 saturated heterocycles. The van der Waals surface area contributed by atoms with Gasteiger partial charge in [-0.15, -0.1) is 5.10 Å². The molecule has 2 aromatic carbocycles. The third-order valence-electron chi connectivity index (χ3n) is 3.51. The minimum absolute atomic E-state index is 0.228. The number of aromatic nitrogens is 4. The van der Waals surface area contributed by atoms with E-state index in [9.17, 15) is 9.18 Å². The van der Waals surface area contributed by atoms with Gasteiger partial charge in [0, 0.05) is 0 Å². The van der Waals surface area contributed by atoms with Gasteiger partial charge >= 0.3 is 0 Å². The Hall–Kier alpha value is -2.94. The minimum atomic E-state index is -0.488. The molecule has 0 bridgehead atoms. The molecule has 7 nitrogen and oxygen atoms in total. The smallest absolute Gasteiger partial charge is 0.237 e. The van der Waals surface area contributed by atoms with Crippen molar-refractivity contribution in [3.8, 4) is 11.4 Å². The van der Waals surface area contributed by atoms with Crippen molar-refractivity contribution in [3.63, 3.8) is 0 Å². The van der Waals surface area contributed by atoms with E-state index < -0.39 is 11.1 Å². The lowest BCUT2D eigenvalue weighted by molar-refractivity contribution is -0.115. The van der Waals surface area contributed by atoms with Gasteiger partial charge in [0.25, 0.3) is 0 Å². The number of rotatable bonds is 6. The van der Waals surface area contributed by atoms with Crippen molar-refractivity contribution in [3.05, 3.63) is 54.3 Å². The molecule has 0 radical (unpaired) electrons. The standard InChI is InChI=1S/C17H16FN5O2S/c1-11(16(24)19-14-8-3-4-9-15(14)25-2)26-17-20-21-22-23(17)13-7-5-6-12(18)10-13/h3-11H,1-2H3,(H,19,24)/t11-/m1/s1. The molecule has 3 aromatic rings. The first kappa shape index (κ1) is 17.9. The Morgan fingerprint density at radius 1 is 1.27 bits per heavy atom. The van der Waals surface area contributed by atoms with Crippen LogP contribution in [0.15, 0.2) is 53.7 Å². The number of hydrogen-bond acceptors (Lipinski definition) is 6. The summed E-state index contributed by atoms with van der Waals surface area (Å²) in [6, 6.07) is 13.1. The number of halogens is 1. The molecule has 0 unspecified atom stereocenters. The maximum absolute atomic E-state index is 13.4.